The number of ether oxygens (including phenoxy) is 3. The van der Waals surface area contributed by atoms with Gasteiger partial charge in [-0.15, -0.1) is 0 Å². The van der Waals surface area contributed by atoms with Gasteiger partial charge in [0.1, 0.15) is 24.0 Å². The van der Waals surface area contributed by atoms with Gasteiger partial charge in [-0.25, -0.2) is 9.97 Å². The molecule has 3 amide bonds. The number of amides is 3. The lowest BCUT2D eigenvalue weighted by molar-refractivity contribution is -0.135. The van der Waals surface area contributed by atoms with E-state index in [0.717, 1.165) is 86.6 Å². The predicted octanol–water partition coefficient (Wildman–Crippen LogP) is 6.84. The molecule has 4 aromatic rings. The molecule has 3 aromatic carbocycles. The third kappa shape index (κ3) is 11.5. The standard InChI is InChI=1S/C46H58F2N6O7/c1-30(33-12-11-13-34(26-33)46(47,48)29-55)49-44-38-27-39(59-3)43(60-4)37(42(38)50-31(2)51-44)14-9-7-5-6-8-10-21-53-22-24-54(25-23-53)41(57)28-61-35-17-15-32(16-18-35)36-19-20-40(56)52-45(36)58/h11-13,15-18,26-27,30,36,55H,5-10,14,19-25,28-29H2,1-4H3,(H,49,50,51)(H,52,56,58). The van der Waals surface area contributed by atoms with Crippen molar-refractivity contribution in [3.63, 3.8) is 0 Å². The van der Waals surface area contributed by atoms with Gasteiger partial charge in [0.15, 0.2) is 18.1 Å². The van der Waals surface area contributed by atoms with Crippen LogP contribution in [0.3, 0.4) is 0 Å². The summed E-state index contributed by atoms with van der Waals surface area (Å²) in [6.07, 6.45) is 7.95. The largest absolute Gasteiger partial charge is 0.493 e. The lowest BCUT2D eigenvalue weighted by Gasteiger charge is -2.34. The first-order valence-corrected chi connectivity index (χ1v) is 21.2. The summed E-state index contributed by atoms with van der Waals surface area (Å²) in [4.78, 5) is 50.3. The van der Waals surface area contributed by atoms with Crippen LogP contribution in [0.2, 0.25) is 0 Å². The van der Waals surface area contributed by atoms with Gasteiger partial charge >= 0.3 is 0 Å². The highest BCUT2D eigenvalue weighted by Gasteiger charge is 2.31. The third-order valence-electron chi connectivity index (χ3n) is 11.7. The van der Waals surface area contributed by atoms with Gasteiger partial charge < -0.3 is 29.5 Å². The molecule has 0 spiro atoms. The van der Waals surface area contributed by atoms with Gasteiger partial charge in [0.2, 0.25) is 11.8 Å². The zero-order chi connectivity index (χ0) is 43.5. The first kappa shape index (κ1) is 45.1. The molecular weight excluding hydrogens is 787 g/mol. The number of aliphatic hydroxyl groups excluding tert-OH is 1. The molecule has 2 aliphatic heterocycles. The maximum absolute atomic E-state index is 14.3. The first-order valence-electron chi connectivity index (χ1n) is 21.2. The fourth-order valence-electron chi connectivity index (χ4n) is 8.14. The number of piperidine rings is 1. The number of nitrogens with zero attached hydrogens (tertiary/aromatic N) is 4. The van der Waals surface area contributed by atoms with Crippen molar-refractivity contribution in [3.8, 4) is 17.2 Å². The highest BCUT2D eigenvalue weighted by Crippen LogP contribution is 2.41. The van der Waals surface area contributed by atoms with E-state index < -0.39 is 12.5 Å². The molecule has 1 aromatic heterocycles. The summed E-state index contributed by atoms with van der Waals surface area (Å²) >= 11 is 0. The van der Waals surface area contributed by atoms with Gasteiger partial charge in [0, 0.05) is 55.2 Å². The Morgan fingerprint density at radius 3 is 2.38 bits per heavy atom. The predicted molar refractivity (Wildman–Crippen MR) is 228 cm³/mol. The van der Waals surface area contributed by atoms with E-state index in [-0.39, 0.29) is 41.9 Å². The number of methoxy groups -OCH3 is 2. The average molecular weight is 845 g/mol. The molecule has 2 aliphatic rings. The van der Waals surface area contributed by atoms with Crippen LogP contribution in [0.5, 0.6) is 17.2 Å². The van der Waals surface area contributed by atoms with Crippen molar-refractivity contribution in [1.29, 1.82) is 0 Å². The number of piperazine rings is 1. The van der Waals surface area contributed by atoms with Crippen molar-refractivity contribution in [3.05, 3.63) is 82.7 Å². The Morgan fingerprint density at radius 2 is 1.69 bits per heavy atom. The molecule has 3 heterocycles. The molecule has 328 valence electrons. The number of fused-ring (bicyclic) bond motifs is 1. The average Bonchev–Trinajstić information content (AvgIpc) is 3.26. The van der Waals surface area contributed by atoms with Crippen LogP contribution >= 0.6 is 0 Å². The van der Waals surface area contributed by atoms with E-state index in [2.05, 4.69) is 15.5 Å². The smallest absolute Gasteiger partial charge is 0.295 e. The third-order valence-corrected chi connectivity index (χ3v) is 11.7. The molecule has 0 aliphatic carbocycles. The molecule has 2 saturated heterocycles. The number of carbonyl (C=O) groups is 3. The number of rotatable bonds is 20. The minimum atomic E-state index is -3.34. The lowest BCUT2D eigenvalue weighted by Crippen LogP contribution is -2.50. The van der Waals surface area contributed by atoms with Crippen LogP contribution in [-0.2, 0) is 26.7 Å². The Balaban J connectivity index is 0.923. The van der Waals surface area contributed by atoms with Crippen molar-refractivity contribution >= 4 is 34.4 Å². The number of anilines is 1. The van der Waals surface area contributed by atoms with Gasteiger partial charge in [-0.3, -0.25) is 24.6 Å². The molecule has 2 unspecified atom stereocenters. The van der Waals surface area contributed by atoms with E-state index in [1.165, 1.54) is 12.1 Å². The Labute approximate surface area is 356 Å². The van der Waals surface area contributed by atoms with E-state index >= 15 is 0 Å². The van der Waals surface area contributed by atoms with Crippen LogP contribution in [0.4, 0.5) is 14.6 Å². The number of hydrogen-bond donors (Lipinski definition) is 3. The number of nitrogens with one attached hydrogen (secondary N) is 2. The van der Waals surface area contributed by atoms with E-state index in [9.17, 15) is 28.3 Å². The van der Waals surface area contributed by atoms with Crippen LogP contribution in [0, 0.1) is 6.92 Å². The molecule has 15 heteroatoms. The normalized spacial score (nSPS) is 16.6. The summed E-state index contributed by atoms with van der Waals surface area (Å²) in [7, 11) is 3.22. The van der Waals surface area contributed by atoms with E-state index in [0.29, 0.717) is 60.4 Å². The lowest BCUT2D eigenvalue weighted by atomic mass is 9.90. The fourth-order valence-corrected chi connectivity index (χ4v) is 8.14. The molecule has 13 nitrogen and oxygen atoms in total. The molecule has 3 N–H and O–H groups in total. The molecular formula is C46H58F2N6O7. The number of alkyl halides is 2. The van der Waals surface area contributed by atoms with Gasteiger partial charge in [-0.1, -0.05) is 56.0 Å². The van der Waals surface area contributed by atoms with Crippen LogP contribution in [0.1, 0.15) is 98.3 Å². The van der Waals surface area contributed by atoms with Crippen molar-refractivity contribution in [2.24, 2.45) is 0 Å². The second-order valence-corrected chi connectivity index (χ2v) is 15.9. The van der Waals surface area contributed by atoms with Gasteiger partial charge in [-0.2, -0.15) is 8.78 Å². The van der Waals surface area contributed by atoms with Gasteiger partial charge in [-0.05, 0) is 81.5 Å². The van der Waals surface area contributed by atoms with Crippen LogP contribution in [0.15, 0.2) is 54.6 Å². The number of aromatic nitrogens is 2. The Morgan fingerprint density at radius 1 is 0.967 bits per heavy atom. The number of unbranched alkanes of at least 4 members (excludes halogenated alkanes) is 5. The SMILES string of the molecule is COc1cc2c(NC(C)c3cccc(C(F)(F)CO)c3)nc(C)nc2c(CCCCCCCCN2CCN(C(=O)COc3ccc(C4CCC(=O)NC4=O)cc3)CC2)c1OC. The maximum Gasteiger partial charge on any atom is 0.295 e. The molecule has 0 bridgehead atoms. The van der Waals surface area contributed by atoms with Crippen molar-refractivity contribution in [1.82, 2.24) is 25.1 Å². The van der Waals surface area contributed by atoms with E-state index in [1.54, 1.807) is 38.5 Å². The molecule has 6 rings (SSSR count). The topological polar surface area (TPSA) is 155 Å². The van der Waals surface area contributed by atoms with Crippen molar-refractivity contribution in [2.75, 3.05) is 65.5 Å². The molecule has 2 atom stereocenters. The van der Waals surface area contributed by atoms with E-state index in [1.807, 2.05) is 36.9 Å². The quantitative estimate of drug-likeness (QED) is 0.0633. The molecule has 2 fully saturated rings. The van der Waals surface area contributed by atoms with Crippen LogP contribution < -0.4 is 24.8 Å². The number of benzene rings is 3. The Kier molecular flexibility index (Phi) is 15.5. The summed E-state index contributed by atoms with van der Waals surface area (Å²) in [5.74, 6) is -1.37. The zero-order valence-corrected chi connectivity index (χ0v) is 35.6. The molecule has 0 saturated carbocycles. The Hall–Kier alpha value is -5.41. The number of halogens is 2. The number of hydrogen-bond acceptors (Lipinski definition) is 11. The van der Waals surface area contributed by atoms with E-state index in [4.69, 9.17) is 24.2 Å². The van der Waals surface area contributed by atoms with Crippen LogP contribution in [0.25, 0.3) is 10.9 Å². The summed E-state index contributed by atoms with van der Waals surface area (Å²) < 4.78 is 45.9. The zero-order valence-electron chi connectivity index (χ0n) is 35.6. The summed E-state index contributed by atoms with van der Waals surface area (Å²) in [5.41, 5.74) is 2.90. The minimum absolute atomic E-state index is 0.0420. The van der Waals surface area contributed by atoms with Crippen LogP contribution in [-0.4, -0.2) is 103 Å². The molecule has 0 radical (unpaired) electrons. The first-order chi connectivity index (χ1) is 29.4. The van der Waals surface area contributed by atoms with Gasteiger partial charge in [0.05, 0.1) is 25.7 Å². The number of carbonyl (C=O) groups excluding carboxylic acids is 3. The number of aryl methyl sites for hydroxylation is 2. The highest BCUT2D eigenvalue weighted by molar-refractivity contribution is 6.01. The number of aliphatic hydroxyl groups is 1. The second kappa shape index (κ2) is 20.9. The summed E-state index contributed by atoms with van der Waals surface area (Å²) in [6, 6.07) is 14.7. The fraction of sp³-hybridized carbons (Fsp3) is 0.500. The summed E-state index contributed by atoms with van der Waals surface area (Å²) in [5, 5.41) is 15.7. The van der Waals surface area contributed by atoms with Crippen molar-refractivity contribution in [2.45, 2.75) is 89.5 Å². The van der Waals surface area contributed by atoms with Crippen molar-refractivity contribution < 1.29 is 42.5 Å². The monoisotopic (exact) mass is 844 g/mol. The van der Waals surface area contributed by atoms with Gasteiger partial charge in [0.25, 0.3) is 11.8 Å². The second-order valence-electron chi connectivity index (χ2n) is 15.9. The maximum atomic E-state index is 14.3. The molecule has 61 heavy (non-hydrogen) atoms. The number of imide groups is 1. The Bertz CT molecular complexity index is 2150. The minimum Gasteiger partial charge on any atom is -0.493 e. The summed E-state index contributed by atoms with van der Waals surface area (Å²) in [6.45, 7) is 6.39. The highest BCUT2D eigenvalue weighted by atomic mass is 19.3.